The Hall–Kier alpha value is -1.93. The number of thiol groups is 1. The minimum atomic E-state index is -4.51. The molecule has 0 amide bonds. The topological polar surface area (TPSA) is 52.4 Å². The van der Waals surface area contributed by atoms with E-state index in [4.69, 9.17) is 16.3 Å². The lowest BCUT2D eigenvalue weighted by Gasteiger charge is -2.11. The fraction of sp³-hybridized carbons (Fsp3) is 0.0769. The van der Waals surface area contributed by atoms with E-state index in [-0.39, 0.29) is 27.1 Å². The van der Waals surface area contributed by atoms with Crippen LogP contribution in [0.4, 0.5) is 18.9 Å². The molecule has 0 unspecified atom stereocenters. The average molecular weight is 350 g/mol. The third-order valence-corrected chi connectivity index (χ3v) is 3.28. The first-order valence-corrected chi connectivity index (χ1v) is 6.53. The molecule has 0 radical (unpaired) electrons. The molecule has 0 aliphatic heterocycles. The molecule has 0 bridgehead atoms. The van der Waals surface area contributed by atoms with Crippen LogP contribution in [0.15, 0.2) is 41.3 Å². The Kier molecular flexibility index (Phi) is 4.52. The molecule has 4 nitrogen and oxygen atoms in total. The lowest BCUT2D eigenvalue weighted by atomic mass is 10.2. The van der Waals surface area contributed by atoms with Gasteiger partial charge in [-0.3, -0.25) is 10.1 Å². The number of hydrogen-bond donors (Lipinski definition) is 1. The van der Waals surface area contributed by atoms with Crippen LogP contribution in [0.1, 0.15) is 5.56 Å². The Balaban J connectivity index is 2.28. The summed E-state index contributed by atoms with van der Waals surface area (Å²) in [6, 6.07) is 6.39. The van der Waals surface area contributed by atoms with Gasteiger partial charge in [0.15, 0.2) is 0 Å². The van der Waals surface area contributed by atoms with E-state index in [1.165, 1.54) is 18.2 Å². The van der Waals surface area contributed by atoms with Crippen LogP contribution in [0.5, 0.6) is 11.5 Å². The van der Waals surface area contributed by atoms with Crippen LogP contribution in [0.2, 0.25) is 5.02 Å². The molecule has 0 atom stereocenters. The summed E-state index contributed by atoms with van der Waals surface area (Å²) in [5, 5.41) is 10.4. The predicted molar refractivity (Wildman–Crippen MR) is 76.9 cm³/mol. The van der Waals surface area contributed by atoms with E-state index >= 15 is 0 Å². The van der Waals surface area contributed by atoms with Crippen molar-refractivity contribution >= 4 is 29.9 Å². The lowest BCUT2D eigenvalue weighted by Crippen LogP contribution is -2.04. The number of alkyl halides is 3. The van der Waals surface area contributed by atoms with Gasteiger partial charge in [-0.2, -0.15) is 13.2 Å². The van der Waals surface area contributed by atoms with Gasteiger partial charge in [-0.05, 0) is 24.3 Å². The Morgan fingerprint density at radius 2 is 1.86 bits per heavy atom. The molecule has 2 rings (SSSR count). The molecular weight excluding hydrogens is 343 g/mol. The molecule has 22 heavy (non-hydrogen) atoms. The first kappa shape index (κ1) is 16.4. The van der Waals surface area contributed by atoms with Gasteiger partial charge < -0.3 is 4.74 Å². The van der Waals surface area contributed by atoms with Crippen LogP contribution < -0.4 is 4.74 Å². The van der Waals surface area contributed by atoms with Gasteiger partial charge in [0, 0.05) is 12.1 Å². The Morgan fingerprint density at radius 1 is 1.18 bits per heavy atom. The summed E-state index contributed by atoms with van der Waals surface area (Å²) in [6.07, 6.45) is -4.51. The summed E-state index contributed by atoms with van der Waals surface area (Å²) in [5.41, 5.74) is -1.11. The number of ether oxygens (including phenoxy) is 1. The van der Waals surface area contributed by atoms with Crippen LogP contribution in [0.25, 0.3) is 0 Å². The second kappa shape index (κ2) is 6.05. The summed E-state index contributed by atoms with van der Waals surface area (Å²) < 4.78 is 42.9. The average Bonchev–Trinajstić information content (AvgIpc) is 2.39. The van der Waals surface area contributed by atoms with Crippen molar-refractivity contribution in [1.29, 1.82) is 0 Å². The highest BCUT2D eigenvalue weighted by Gasteiger charge is 2.31. The molecule has 2 aromatic rings. The van der Waals surface area contributed by atoms with Gasteiger partial charge in [-0.1, -0.05) is 11.6 Å². The molecule has 116 valence electrons. The Morgan fingerprint density at radius 3 is 2.36 bits per heavy atom. The van der Waals surface area contributed by atoms with Gasteiger partial charge >= 0.3 is 6.18 Å². The molecule has 0 saturated heterocycles. The van der Waals surface area contributed by atoms with Gasteiger partial charge in [-0.15, -0.1) is 12.6 Å². The minimum absolute atomic E-state index is 0.00347. The largest absolute Gasteiger partial charge is 0.456 e. The van der Waals surface area contributed by atoms with Crippen LogP contribution in [0.3, 0.4) is 0 Å². The summed E-state index contributed by atoms with van der Waals surface area (Å²) in [4.78, 5) is 10.1. The molecule has 0 fully saturated rings. The number of halogens is 4. The van der Waals surface area contributed by atoms with Crippen molar-refractivity contribution in [3.8, 4) is 11.5 Å². The highest BCUT2D eigenvalue weighted by molar-refractivity contribution is 7.80. The molecule has 0 saturated carbocycles. The number of nitro groups is 1. The fourth-order valence-corrected chi connectivity index (χ4v) is 2.11. The second-order valence-corrected chi connectivity index (χ2v) is 5.04. The van der Waals surface area contributed by atoms with Gasteiger partial charge in [0.05, 0.1) is 20.4 Å². The minimum Gasteiger partial charge on any atom is -0.456 e. The summed E-state index contributed by atoms with van der Waals surface area (Å²) in [7, 11) is 0. The molecule has 0 N–H and O–H groups in total. The monoisotopic (exact) mass is 349 g/mol. The van der Waals surface area contributed by atoms with Crippen LogP contribution in [-0.4, -0.2) is 4.92 Å². The van der Waals surface area contributed by atoms with E-state index in [1.54, 1.807) is 0 Å². The van der Waals surface area contributed by atoms with Gasteiger partial charge in [-0.25, -0.2) is 0 Å². The van der Waals surface area contributed by atoms with Crippen molar-refractivity contribution in [2.75, 3.05) is 0 Å². The van der Waals surface area contributed by atoms with Gasteiger partial charge in [0.1, 0.15) is 11.5 Å². The summed E-state index contributed by atoms with van der Waals surface area (Å²) in [6.45, 7) is 0. The van der Waals surface area contributed by atoms with E-state index in [0.717, 1.165) is 18.2 Å². The normalized spacial score (nSPS) is 11.3. The first-order chi connectivity index (χ1) is 10.2. The quantitative estimate of drug-likeness (QED) is 0.462. The van der Waals surface area contributed by atoms with E-state index in [2.05, 4.69) is 12.6 Å². The first-order valence-electron chi connectivity index (χ1n) is 5.70. The molecule has 0 aliphatic carbocycles. The smallest absolute Gasteiger partial charge is 0.416 e. The number of nitro benzene ring substituents is 1. The maximum Gasteiger partial charge on any atom is 0.416 e. The zero-order valence-electron chi connectivity index (χ0n) is 10.6. The van der Waals surface area contributed by atoms with E-state index in [1.807, 2.05) is 0 Å². The maximum atomic E-state index is 12.5. The van der Waals surface area contributed by atoms with Crippen molar-refractivity contribution in [2.45, 2.75) is 11.1 Å². The molecule has 0 spiro atoms. The third-order valence-electron chi connectivity index (χ3n) is 2.63. The molecule has 0 aliphatic rings. The van der Waals surface area contributed by atoms with Crippen LogP contribution in [0, 0.1) is 10.1 Å². The van der Waals surface area contributed by atoms with Crippen molar-refractivity contribution in [2.24, 2.45) is 0 Å². The maximum absolute atomic E-state index is 12.5. The standard InChI is InChI=1S/C13H7ClF3NO3S/c14-9-5-7(13(15,16)17)1-4-11(9)21-8-2-3-10(18(19)20)12(22)6-8/h1-6,22H. The van der Waals surface area contributed by atoms with Crippen LogP contribution in [-0.2, 0) is 6.18 Å². The summed E-state index contributed by atoms with van der Waals surface area (Å²) in [5.74, 6) is 0.161. The number of rotatable bonds is 3. The van der Waals surface area contributed by atoms with E-state index in [9.17, 15) is 23.3 Å². The molecule has 2 aromatic carbocycles. The zero-order valence-corrected chi connectivity index (χ0v) is 12.2. The second-order valence-electron chi connectivity index (χ2n) is 4.15. The van der Waals surface area contributed by atoms with Crippen molar-refractivity contribution in [3.63, 3.8) is 0 Å². The SMILES string of the molecule is O=[N+]([O-])c1ccc(Oc2ccc(C(F)(F)F)cc2Cl)cc1S. The lowest BCUT2D eigenvalue weighted by molar-refractivity contribution is -0.387. The van der Waals surface area contributed by atoms with E-state index < -0.39 is 16.7 Å². The summed E-state index contributed by atoms with van der Waals surface area (Å²) >= 11 is 9.70. The molecule has 0 aromatic heterocycles. The molecule has 0 heterocycles. The molecular formula is C13H7ClF3NO3S. The highest BCUT2D eigenvalue weighted by atomic mass is 35.5. The van der Waals surface area contributed by atoms with Crippen LogP contribution >= 0.6 is 24.2 Å². The predicted octanol–water partition coefficient (Wildman–Crippen LogP) is 5.35. The Labute approximate surface area is 133 Å². The van der Waals surface area contributed by atoms with Gasteiger partial charge in [0.2, 0.25) is 0 Å². The fourth-order valence-electron chi connectivity index (χ4n) is 1.61. The van der Waals surface area contributed by atoms with Crippen molar-refractivity contribution in [1.82, 2.24) is 0 Å². The third kappa shape index (κ3) is 3.63. The zero-order chi connectivity index (χ0) is 16.5. The molecule has 9 heteroatoms. The number of nitrogens with zero attached hydrogens (tertiary/aromatic N) is 1. The number of hydrogen-bond acceptors (Lipinski definition) is 4. The van der Waals surface area contributed by atoms with Gasteiger partial charge in [0.25, 0.3) is 5.69 Å². The van der Waals surface area contributed by atoms with Crippen molar-refractivity contribution in [3.05, 3.63) is 57.1 Å². The van der Waals surface area contributed by atoms with E-state index in [0.29, 0.717) is 0 Å². The number of benzene rings is 2. The Bertz CT molecular complexity index is 737. The van der Waals surface area contributed by atoms with Crippen molar-refractivity contribution < 1.29 is 22.8 Å². The highest BCUT2D eigenvalue weighted by Crippen LogP contribution is 2.37.